The molecule has 6 heteroatoms. The Morgan fingerprint density at radius 3 is 2.33 bits per heavy atom. The van der Waals surface area contributed by atoms with E-state index in [1.54, 1.807) is 24.3 Å². The highest BCUT2D eigenvalue weighted by Crippen LogP contribution is 2.15. The van der Waals surface area contributed by atoms with Gasteiger partial charge in [-0.3, -0.25) is 0 Å². The lowest BCUT2D eigenvalue weighted by molar-refractivity contribution is 0.281. The van der Waals surface area contributed by atoms with Crippen molar-refractivity contribution in [2.24, 2.45) is 0 Å². The van der Waals surface area contributed by atoms with Gasteiger partial charge in [0.05, 0.1) is 11.5 Å². The smallest absolute Gasteiger partial charge is 0.240 e. The van der Waals surface area contributed by atoms with Crippen LogP contribution < -0.4 is 10.0 Å². The van der Waals surface area contributed by atoms with Gasteiger partial charge in [0.15, 0.2) is 0 Å². The molecule has 0 aliphatic rings. The van der Waals surface area contributed by atoms with E-state index in [0.29, 0.717) is 6.54 Å². The highest BCUT2D eigenvalue weighted by atomic mass is 32.2. The van der Waals surface area contributed by atoms with Crippen molar-refractivity contribution >= 4 is 15.7 Å². The van der Waals surface area contributed by atoms with Gasteiger partial charge in [-0.2, -0.15) is 0 Å². The summed E-state index contributed by atoms with van der Waals surface area (Å²) in [6.07, 6.45) is 0. The molecular weight excluding hydrogens is 288 g/mol. The number of aliphatic hydroxyl groups excluding tert-OH is 1. The van der Waals surface area contributed by atoms with E-state index in [4.69, 9.17) is 5.11 Å². The van der Waals surface area contributed by atoms with Gasteiger partial charge in [0.2, 0.25) is 10.0 Å². The quantitative estimate of drug-likeness (QED) is 0.759. The average Bonchev–Trinajstić information content (AvgIpc) is 2.53. The van der Waals surface area contributed by atoms with Crippen LogP contribution in [-0.4, -0.2) is 20.6 Å². The van der Waals surface area contributed by atoms with Gasteiger partial charge >= 0.3 is 0 Å². The van der Waals surface area contributed by atoms with Crippen molar-refractivity contribution in [3.05, 3.63) is 59.7 Å². The van der Waals surface area contributed by atoms with Crippen molar-refractivity contribution < 1.29 is 13.5 Å². The van der Waals surface area contributed by atoms with Crippen LogP contribution >= 0.6 is 0 Å². The van der Waals surface area contributed by atoms with Crippen LogP contribution in [0.15, 0.2) is 53.4 Å². The Morgan fingerprint density at radius 1 is 1.05 bits per heavy atom. The summed E-state index contributed by atoms with van der Waals surface area (Å²) in [7, 11) is -2.01. The van der Waals surface area contributed by atoms with Gasteiger partial charge in [-0.15, -0.1) is 0 Å². The SMILES string of the molecule is CNS(=O)(=O)c1ccc(NCc2cccc(CO)c2)cc1. The van der Waals surface area contributed by atoms with Gasteiger partial charge < -0.3 is 10.4 Å². The highest BCUT2D eigenvalue weighted by molar-refractivity contribution is 7.89. The molecule has 0 aliphatic carbocycles. The molecular formula is C15H18N2O3S. The minimum absolute atomic E-state index is 0.0183. The third-order valence-electron chi connectivity index (χ3n) is 3.10. The number of sulfonamides is 1. The fourth-order valence-electron chi connectivity index (χ4n) is 1.91. The molecule has 21 heavy (non-hydrogen) atoms. The van der Waals surface area contributed by atoms with Crippen molar-refractivity contribution in [1.82, 2.24) is 4.72 Å². The maximum Gasteiger partial charge on any atom is 0.240 e. The summed E-state index contributed by atoms with van der Waals surface area (Å²) in [5.74, 6) is 0. The lowest BCUT2D eigenvalue weighted by Gasteiger charge is -2.09. The van der Waals surface area contributed by atoms with Gasteiger partial charge in [0.1, 0.15) is 0 Å². The second-order valence-electron chi connectivity index (χ2n) is 4.56. The van der Waals surface area contributed by atoms with Crippen LogP contribution in [0.5, 0.6) is 0 Å². The molecule has 2 aromatic rings. The first-order valence-electron chi connectivity index (χ1n) is 6.51. The van der Waals surface area contributed by atoms with E-state index in [1.165, 1.54) is 7.05 Å². The predicted octanol–water partition coefficient (Wildman–Crippen LogP) is 1.70. The van der Waals surface area contributed by atoms with Crippen molar-refractivity contribution in [1.29, 1.82) is 0 Å². The standard InChI is InChI=1S/C15H18N2O3S/c1-16-21(19,20)15-7-5-14(6-8-15)17-10-12-3-2-4-13(9-12)11-18/h2-9,16-18H,10-11H2,1H3. The van der Waals surface area contributed by atoms with Gasteiger partial charge in [-0.05, 0) is 42.4 Å². The Balaban J connectivity index is 2.04. The molecule has 0 aliphatic heterocycles. The van der Waals surface area contributed by atoms with Gasteiger partial charge in [-0.25, -0.2) is 13.1 Å². The van der Waals surface area contributed by atoms with Crippen LogP contribution in [0.2, 0.25) is 0 Å². The second-order valence-corrected chi connectivity index (χ2v) is 6.45. The molecule has 0 aromatic heterocycles. The molecule has 0 atom stereocenters. The lowest BCUT2D eigenvalue weighted by Crippen LogP contribution is -2.18. The maximum atomic E-state index is 11.6. The number of hydrogen-bond donors (Lipinski definition) is 3. The largest absolute Gasteiger partial charge is 0.392 e. The molecule has 112 valence electrons. The van der Waals surface area contributed by atoms with Crippen molar-refractivity contribution in [2.75, 3.05) is 12.4 Å². The Morgan fingerprint density at radius 2 is 1.71 bits per heavy atom. The summed E-state index contributed by atoms with van der Waals surface area (Å²) in [6, 6.07) is 14.2. The normalized spacial score (nSPS) is 11.3. The molecule has 0 saturated heterocycles. The molecule has 2 rings (SSSR count). The van der Waals surface area contributed by atoms with Crippen molar-refractivity contribution in [3.8, 4) is 0 Å². The van der Waals surface area contributed by atoms with Crippen molar-refractivity contribution in [3.63, 3.8) is 0 Å². The van der Waals surface area contributed by atoms with Crippen LogP contribution in [0.4, 0.5) is 5.69 Å². The molecule has 0 heterocycles. The summed E-state index contributed by atoms with van der Waals surface area (Å²) < 4.78 is 25.5. The Labute approximate surface area is 124 Å². The van der Waals surface area contributed by atoms with Crippen LogP contribution in [0.1, 0.15) is 11.1 Å². The Hall–Kier alpha value is -1.89. The number of rotatable bonds is 6. The van der Waals surface area contributed by atoms with E-state index >= 15 is 0 Å². The molecule has 5 nitrogen and oxygen atoms in total. The predicted molar refractivity (Wildman–Crippen MR) is 82.4 cm³/mol. The molecule has 0 spiro atoms. The third-order valence-corrected chi connectivity index (χ3v) is 4.53. The Bertz CT molecular complexity index is 697. The van der Waals surface area contributed by atoms with Crippen LogP contribution in [0, 0.1) is 0 Å². The number of nitrogens with one attached hydrogen (secondary N) is 2. The number of hydrogen-bond acceptors (Lipinski definition) is 4. The molecule has 3 N–H and O–H groups in total. The van der Waals surface area contributed by atoms with E-state index in [0.717, 1.165) is 16.8 Å². The van der Waals surface area contributed by atoms with E-state index in [-0.39, 0.29) is 11.5 Å². The summed E-state index contributed by atoms with van der Waals surface area (Å²) in [5.41, 5.74) is 2.75. The summed E-state index contributed by atoms with van der Waals surface area (Å²) in [6.45, 7) is 0.621. The molecule has 0 fully saturated rings. The zero-order chi connectivity index (χ0) is 15.3. The summed E-state index contributed by atoms with van der Waals surface area (Å²) in [5, 5.41) is 12.3. The lowest BCUT2D eigenvalue weighted by atomic mass is 10.1. The van der Waals surface area contributed by atoms with Crippen LogP contribution in [0.3, 0.4) is 0 Å². The summed E-state index contributed by atoms with van der Waals surface area (Å²) in [4.78, 5) is 0.234. The number of anilines is 1. The first kappa shape index (κ1) is 15.5. The molecule has 0 unspecified atom stereocenters. The first-order valence-corrected chi connectivity index (χ1v) is 7.99. The summed E-state index contributed by atoms with van der Waals surface area (Å²) >= 11 is 0. The fraction of sp³-hybridized carbons (Fsp3) is 0.200. The van der Waals surface area contributed by atoms with E-state index in [2.05, 4.69) is 10.0 Å². The van der Waals surface area contributed by atoms with E-state index < -0.39 is 10.0 Å². The maximum absolute atomic E-state index is 11.6. The first-order chi connectivity index (χ1) is 10.0. The molecule has 2 aromatic carbocycles. The van der Waals surface area contributed by atoms with Crippen LogP contribution in [-0.2, 0) is 23.2 Å². The van der Waals surface area contributed by atoms with E-state index in [1.807, 2.05) is 24.3 Å². The molecule has 0 radical (unpaired) electrons. The second kappa shape index (κ2) is 6.71. The fourth-order valence-corrected chi connectivity index (χ4v) is 2.64. The number of aliphatic hydroxyl groups is 1. The zero-order valence-corrected chi connectivity index (χ0v) is 12.5. The average molecular weight is 306 g/mol. The van der Waals surface area contributed by atoms with Crippen molar-refractivity contribution in [2.45, 2.75) is 18.0 Å². The topological polar surface area (TPSA) is 78.4 Å². The molecule has 0 saturated carbocycles. The highest BCUT2D eigenvalue weighted by Gasteiger charge is 2.10. The Kier molecular flexibility index (Phi) is 4.95. The molecule has 0 bridgehead atoms. The minimum Gasteiger partial charge on any atom is -0.392 e. The van der Waals surface area contributed by atoms with Gasteiger partial charge in [-0.1, -0.05) is 24.3 Å². The number of benzene rings is 2. The zero-order valence-electron chi connectivity index (χ0n) is 11.7. The molecule has 0 amide bonds. The monoisotopic (exact) mass is 306 g/mol. The van der Waals surface area contributed by atoms with Gasteiger partial charge in [0, 0.05) is 12.2 Å². The third kappa shape index (κ3) is 4.04. The van der Waals surface area contributed by atoms with Crippen LogP contribution in [0.25, 0.3) is 0 Å². The minimum atomic E-state index is -3.40. The van der Waals surface area contributed by atoms with E-state index in [9.17, 15) is 8.42 Å². The van der Waals surface area contributed by atoms with Gasteiger partial charge in [0.25, 0.3) is 0 Å².